The summed E-state index contributed by atoms with van der Waals surface area (Å²) in [5.41, 5.74) is -1.17. The van der Waals surface area contributed by atoms with E-state index >= 15 is 0 Å². The molecule has 1 aromatic heterocycles. The van der Waals surface area contributed by atoms with Crippen LogP contribution in [-0.4, -0.2) is 58.9 Å². The highest BCUT2D eigenvalue weighted by Gasteiger charge is 2.58. The van der Waals surface area contributed by atoms with Crippen LogP contribution in [0.25, 0.3) is 0 Å². The van der Waals surface area contributed by atoms with E-state index in [2.05, 4.69) is 5.16 Å². The molecule has 25 heavy (non-hydrogen) atoms. The maximum Gasteiger partial charge on any atom is 0.276 e. The Morgan fingerprint density at radius 3 is 2.80 bits per heavy atom. The third-order valence-corrected chi connectivity index (χ3v) is 5.42. The first-order valence-corrected chi connectivity index (χ1v) is 8.68. The van der Waals surface area contributed by atoms with Gasteiger partial charge in [-0.2, -0.15) is 0 Å². The summed E-state index contributed by atoms with van der Waals surface area (Å²) in [6.07, 6.45) is 2.09. The zero-order valence-electron chi connectivity index (χ0n) is 14.1. The Hall–Kier alpha value is -1.99. The van der Waals surface area contributed by atoms with E-state index in [1.807, 2.05) is 0 Å². The molecule has 0 bridgehead atoms. The van der Waals surface area contributed by atoms with Gasteiger partial charge in [0.1, 0.15) is 5.76 Å². The molecule has 3 aliphatic rings. The first kappa shape index (κ1) is 16.5. The Kier molecular flexibility index (Phi) is 3.63. The molecule has 6 nitrogen and oxygen atoms in total. The average Bonchev–Trinajstić information content (AvgIpc) is 3.19. The summed E-state index contributed by atoms with van der Waals surface area (Å²) in [7, 11) is 0. The zero-order chi connectivity index (χ0) is 17.8. The second-order valence-corrected chi connectivity index (χ2v) is 7.74. The van der Waals surface area contributed by atoms with Crippen LogP contribution < -0.4 is 0 Å². The van der Waals surface area contributed by atoms with Crippen molar-refractivity contribution in [2.75, 3.05) is 26.2 Å². The molecule has 0 radical (unpaired) electrons. The summed E-state index contributed by atoms with van der Waals surface area (Å²) in [5.74, 6) is -2.97. The number of amides is 2. The Labute approximate surface area is 144 Å². The van der Waals surface area contributed by atoms with Gasteiger partial charge in [-0.1, -0.05) is 5.16 Å². The van der Waals surface area contributed by atoms with Gasteiger partial charge in [-0.15, -0.1) is 0 Å². The number of hydrogen-bond donors (Lipinski definition) is 0. The molecule has 2 saturated heterocycles. The Morgan fingerprint density at radius 2 is 2.16 bits per heavy atom. The van der Waals surface area contributed by atoms with Crippen molar-refractivity contribution >= 4 is 11.8 Å². The van der Waals surface area contributed by atoms with Crippen molar-refractivity contribution < 1.29 is 22.9 Å². The SMILES string of the molecule is Cc1cc(C(=O)N2CC(F)(F)C[C@]3(CCN(CC4CC4)C3=O)C2)no1. The number of halogens is 2. The molecule has 8 heteroatoms. The van der Waals surface area contributed by atoms with Crippen LogP contribution in [0.2, 0.25) is 0 Å². The number of rotatable bonds is 3. The number of likely N-dealkylation sites (tertiary alicyclic amines) is 2. The van der Waals surface area contributed by atoms with Crippen LogP contribution in [0.15, 0.2) is 10.6 Å². The maximum atomic E-state index is 14.4. The van der Waals surface area contributed by atoms with Gasteiger partial charge in [-0.3, -0.25) is 9.59 Å². The average molecular weight is 353 g/mol. The lowest BCUT2D eigenvalue weighted by molar-refractivity contribution is -0.151. The number of carbonyl (C=O) groups excluding carboxylic acids is 2. The van der Waals surface area contributed by atoms with E-state index in [0.29, 0.717) is 31.2 Å². The van der Waals surface area contributed by atoms with Crippen molar-refractivity contribution in [3.8, 4) is 0 Å². The van der Waals surface area contributed by atoms with Crippen LogP contribution in [0.3, 0.4) is 0 Å². The molecule has 1 atom stereocenters. The predicted octanol–water partition coefficient (Wildman–Crippen LogP) is 2.09. The van der Waals surface area contributed by atoms with Crippen LogP contribution >= 0.6 is 0 Å². The topological polar surface area (TPSA) is 66.7 Å². The van der Waals surface area contributed by atoms with E-state index in [1.165, 1.54) is 6.07 Å². The van der Waals surface area contributed by atoms with Crippen LogP contribution in [0, 0.1) is 18.3 Å². The second-order valence-electron chi connectivity index (χ2n) is 7.74. The van der Waals surface area contributed by atoms with Crippen molar-refractivity contribution in [1.29, 1.82) is 0 Å². The fourth-order valence-corrected chi connectivity index (χ4v) is 4.07. The number of alkyl halides is 2. The molecule has 3 heterocycles. The van der Waals surface area contributed by atoms with Crippen LogP contribution in [0.1, 0.15) is 41.9 Å². The molecule has 136 valence electrons. The summed E-state index contributed by atoms with van der Waals surface area (Å²) >= 11 is 0. The van der Waals surface area contributed by atoms with E-state index < -0.39 is 30.2 Å². The zero-order valence-corrected chi connectivity index (χ0v) is 14.1. The predicted molar refractivity (Wildman–Crippen MR) is 83.1 cm³/mol. The summed E-state index contributed by atoms with van der Waals surface area (Å²) in [6.45, 7) is 2.12. The van der Waals surface area contributed by atoms with Crippen LogP contribution in [0.5, 0.6) is 0 Å². The summed E-state index contributed by atoms with van der Waals surface area (Å²) in [5, 5.41) is 3.63. The number of carbonyl (C=O) groups is 2. The lowest BCUT2D eigenvalue weighted by Crippen LogP contribution is -2.57. The smallest absolute Gasteiger partial charge is 0.276 e. The van der Waals surface area contributed by atoms with Crippen molar-refractivity contribution in [3.63, 3.8) is 0 Å². The quantitative estimate of drug-likeness (QED) is 0.835. The fraction of sp³-hybridized carbons (Fsp3) is 0.706. The normalized spacial score (nSPS) is 28.8. The lowest BCUT2D eigenvalue weighted by atomic mass is 9.77. The molecule has 0 N–H and O–H groups in total. The lowest BCUT2D eigenvalue weighted by Gasteiger charge is -2.42. The van der Waals surface area contributed by atoms with Gasteiger partial charge in [-0.05, 0) is 32.1 Å². The maximum absolute atomic E-state index is 14.4. The Morgan fingerprint density at radius 1 is 1.40 bits per heavy atom. The monoisotopic (exact) mass is 353 g/mol. The highest BCUT2D eigenvalue weighted by atomic mass is 19.3. The molecular formula is C17H21F2N3O3. The van der Waals surface area contributed by atoms with E-state index in [4.69, 9.17) is 4.52 Å². The highest BCUT2D eigenvalue weighted by Crippen LogP contribution is 2.46. The summed E-state index contributed by atoms with van der Waals surface area (Å²) in [4.78, 5) is 28.2. The third kappa shape index (κ3) is 3.02. The van der Waals surface area contributed by atoms with Gasteiger partial charge in [0.05, 0.1) is 12.0 Å². The van der Waals surface area contributed by atoms with E-state index in [-0.39, 0.29) is 18.1 Å². The molecule has 1 aliphatic carbocycles. The first-order valence-electron chi connectivity index (χ1n) is 8.68. The molecule has 3 fully saturated rings. The van der Waals surface area contributed by atoms with Gasteiger partial charge < -0.3 is 14.3 Å². The number of nitrogens with zero attached hydrogens (tertiary/aromatic N) is 3. The van der Waals surface area contributed by atoms with Gasteiger partial charge >= 0.3 is 0 Å². The fourth-order valence-electron chi connectivity index (χ4n) is 4.07. The first-order chi connectivity index (χ1) is 11.8. The largest absolute Gasteiger partial charge is 0.361 e. The molecule has 0 unspecified atom stereocenters. The van der Waals surface area contributed by atoms with Gasteiger partial charge in [0.15, 0.2) is 5.69 Å². The standard InChI is InChI=1S/C17H21F2N3O3/c1-11-6-13(20-25-11)14(23)22-9-16(8-17(18,19)10-22)4-5-21(15(16)24)7-12-2-3-12/h6,12H,2-5,7-10H2,1H3/t16-/m1/s1. The Bertz CT molecular complexity index is 716. The summed E-state index contributed by atoms with van der Waals surface area (Å²) in [6, 6.07) is 1.43. The van der Waals surface area contributed by atoms with E-state index in [1.54, 1.807) is 11.8 Å². The number of hydrogen-bond acceptors (Lipinski definition) is 4. The minimum atomic E-state index is -3.09. The van der Waals surface area contributed by atoms with Gasteiger partial charge in [-0.25, -0.2) is 8.78 Å². The number of aryl methyl sites for hydroxylation is 1. The summed E-state index contributed by atoms with van der Waals surface area (Å²) < 4.78 is 33.7. The molecule has 0 aromatic carbocycles. The molecule has 1 aromatic rings. The number of piperidine rings is 1. The van der Waals surface area contributed by atoms with Gasteiger partial charge in [0.25, 0.3) is 11.8 Å². The van der Waals surface area contributed by atoms with E-state index in [9.17, 15) is 18.4 Å². The van der Waals surface area contributed by atoms with Crippen molar-refractivity contribution in [2.24, 2.45) is 11.3 Å². The molecular weight excluding hydrogens is 332 g/mol. The van der Waals surface area contributed by atoms with Crippen molar-refractivity contribution in [2.45, 2.75) is 38.5 Å². The Balaban J connectivity index is 1.56. The number of aromatic nitrogens is 1. The van der Waals surface area contributed by atoms with Gasteiger partial charge in [0.2, 0.25) is 5.91 Å². The second kappa shape index (κ2) is 5.51. The molecule has 1 saturated carbocycles. The van der Waals surface area contributed by atoms with Gasteiger partial charge in [0, 0.05) is 32.1 Å². The van der Waals surface area contributed by atoms with Crippen LogP contribution in [0.4, 0.5) is 8.78 Å². The molecule has 2 amide bonds. The molecule has 1 spiro atoms. The van der Waals surface area contributed by atoms with Crippen molar-refractivity contribution in [1.82, 2.24) is 15.0 Å². The van der Waals surface area contributed by atoms with Crippen LogP contribution in [-0.2, 0) is 4.79 Å². The minimum absolute atomic E-state index is 0.00522. The molecule has 4 rings (SSSR count). The van der Waals surface area contributed by atoms with E-state index in [0.717, 1.165) is 17.7 Å². The molecule has 2 aliphatic heterocycles. The third-order valence-electron chi connectivity index (χ3n) is 5.42. The highest BCUT2D eigenvalue weighted by molar-refractivity contribution is 5.93. The minimum Gasteiger partial charge on any atom is -0.361 e. The van der Waals surface area contributed by atoms with Crippen molar-refractivity contribution in [3.05, 3.63) is 17.5 Å².